The number of ether oxygens (including phenoxy) is 1. The Kier molecular flexibility index (Phi) is 5.51. The molecule has 1 fully saturated rings. The number of hydrogen-bond donors (Lipinski definition) is 1. The monoisotopic (exact) mass is 335 g/mol. The van der Waals surface area contributed by atoms with Crippen molar-refractivity contribution in [1.82, 2.24) is 15.3 Å². The molecule has 2 heterocycles. The lowest BCUT2D eigenvalue weighted by molar-refractivity contribution is 0.0494. The van der Waals surface area contributed by atoms with Crippen LogP contribution in [0.3, 0.4) is 0 Å². The summed E-state index contributed by atoms with van der Waals surface area (Å²) in [6, 6.07) is 2.25. The predicted molar refractivity (Wildman–Crippen MR) is 95.6 cm³/mol. The molecule has 24 heavy (non-hydrogen) atoms. The molecule has 7 heteroatoms. The van der Waals surface area contributed by atoms with Gasteiger partial charge < -0.3 is 19.9 Å². The van der Waals surface area contributed by atoms with E-state index >= 15 is 0 Å². The van der Waals surface area contributed by atoms with E-state index in [1.807, 2.05) is 45.8 Å². The van der Waals surface area contributed by atoms with Gasteiger partial charge in [-0.05, 0) is 46.6 Å². The highest BCUT2D eigenvalue weighted by Gasteiger charge is 2.29. The molecule has 0 saturated carbocycles. The Morgan fingerprint density at radius 1 is 1.42 bits per heavy atom. The zero-order chi connectivity index (χ0) is 17.9. The Balaban J connectivity index is 1.96. The molecule has 1 aromatic heterocycles. The van der Waals surface area contributed by atoms with Crippen molar-refractivity contribution < 1.29 is 9.53 Å². The molecule has 2 atom stereocenters. The van der Waals surface area contributed by atoms with E-state index in [1.54, 1.807) is 6.20 Å². The van der Waals surface area contributed by atoms with Crippen molar-refractivity contribution >= 4 is 17.9 Å². The molecule has 1 aliphatic rings. The fourth-order valence-corrected chi connectivity index (χ4v) is 2.80. The number of nitrogens with zero attached hydrogens (tertiary/aromatic N) is 4. The third-order valence-electron chi connectivity index (χ3n) is 3.94. The maximum atomic E-state index is 11.9. The summed E-state index contributed by atoms with van der Waals surface area (Å²) < 4.78 is 5.34. The minimum atomic E-state index is -0.475. The molecule has 7 nitrogen and oxygen atoms in total. The smallest absolute Gasteiger partial charge is 0.407 e. The summed E-state index contributed by atoms with van der Waals surface area (Å²) in [5, 5.41) is 2.97. The number of carbonyl (C=O) groups is 1. The van der Waals surface area contributed by atoms with Crippen LogP contribution in [0, 0.1) is 0 Å². The molecule has 0 bridgehead atoms. The molecule has 1 saturated heterocycles. The predicted octanol–water partition coefficient (Wildman–Crippen LogP) is 2.42. The summed E-state index contributed by atoms with van der Waals surface area (Å²) >= 11 is 0. The molecular formula is C17H29N5O2. The average molecular weight is 335 g/mol. The number of hydrogen-bond acceptors (Lipinski definition) is 6. The van der Waals surface area contributed by atoms with Crippen molar-refractivity contribution in [3.05, 3.63) is 12.3 Å². The van der Waals surface area contributed by atoms with E-state index in [1.165, 1.54) is 0 Å². The number of amides is 1. The Morgan fingerprint density at radius 2 is 2.12 bits per heavy atom. The van der Waals surface area contributed by atoms with Crippen LogP contribution in [-0.4, -0.2) is 54.4 Å². The van der Waals surface area contributed by atoms with Crippen LogP contribution in [0.1, 0.15) is 40.5 Å². The fraction of sp³-hybridized carbons (Fsp3) is 0.706. The van der Waals surface area contributed by atoms with E-state index in [2.05, 4.69) is 27.1 Å². The van der Waals surface area contributed by atoms with Gasteiger partial charge in [0.05, 0.1) is 0 Å². The first-order chi connectivity index (χ1) is 11.2. The van der Waals surface area contributed by atoms with Crippen molar-refractivity contribution in [2.75, 3.05) is 30.4 Å². The SMILES string of the molecule is CC1CC(NC(=O)OC(C)(C)C)CCN1c1nccc(N(C)C)n1. The first-order valence-electron chi connectivity index (χ1n) is 8.42. The number of aromatic nitrogens is 2. The second-order valence-electron chi connectivity index (χ2n) is 7.52. The molecule has 1 aliphatic heterocycles. The number of alkyl carbamates (subject to hydrolysis) is 1. The maximum Gasteiger partial charge on any atom is 0.407 e. The summed E-state index contributed by atoms with van der Waals surface area (Å²) in [7, 11) is 3.93. The van der Waals surface area contributed by atoms with Gasteiger partial charge in [-0.2, -0.15) is 4.98 Å². The van der Waals surface area contributed by atoms with Crippen molar-refractivity contribution in [3.63, 3.8) is 0 Å². The number of nitrogens with one attached hydrogen (secondary N) is 1. The van der Waals surface area contributed by atoms with Crippen LogP contribution in [0.5, 0.6) is 0 Å². The number of piperidine rings is 1. The Labute approximate surface area is 144 Å². The van der Waals surface area contributed by atoms with Gasteiger partial charge in [0.15, 0.2) is 0 Å². The first-order valence-corrected chi connectivity index (χ1v) is 8.42. The average Bonchev–Trinajstić information content (AvgIpc) is 2.45. The zero-order valence-corrected chi connectivity index (χ0v) is 15.5. The van der Waals surface area contributed by atoms with Crippen LogP contribution < -0.4 is 15.1 Å². The molecule has 0 aromatic carbocycles. The van der Waals surface area contributed by atoms with Crippen LogP contribution in [0.25, 0.3) is 0 Å². The first kappa shape index (κ1) is 18.3. The van der Waals surface area contributed by atoms with Crippen molar-refractivity contribution in [3.8, 4) is 0 Å². The van der Waals surface area contributed by atoms with Gasteiger partial charge in [0.1, 0.15) is 11.4 Å². The second kappa shape index (κ2) is 7.23. The van der Waals surface area contributed by atoms with Gasteiger partial charge in [0.2, 0.25) is 5.95 Å². The van der Waals surface area contributed by atoms with E-state index in [9.17, 15) is 4.79 Å². The van der Waals surface area contributed by atoms with Gasteiger partial charge >= 0.3 is 6.09 Å². The quantitative estimate of drug-likeness (QED) is 0.915. The lowest BCUT2D eigenvalue weighted by Crippen LogP contribution is -2.50. The van der Waals surface area contributed by atoms with Crippen LogP contribution in [-0.2, 0) is 4.74 Å². The Morgan fingerprint density at radius 3 is 2.71 bits per heavy atom. The van der Waals surface area contributed by atoms with E-state index < -0.39 is 5.60 Å². The molecule has 0 radical (unpaired) electrons. The third kappa shape index (κ3) is 4.97. The molecule has 1 aromatic rings. The van der Waals surface area contributed by atoms with Crippen LogP contribution in [0.15, 0.2) is 12.3 Å². The highest BCUT2D eigenvalue weighted by molar-refractivity contribution is 5.68. The minimum Gasteiger partial charge on any atom is -0.444 e. The molecule has 134 valence electrons. The second-order valence-corrected chi connectivity index (χ2v) is 7.52. The van der Waals surface area contributed by atoms with Crippen molar-refractivity contribution in [2.24, 2.45) is 0 Å². The Bertz CT molecular complexity index is 570. The molecule has 2 rings (SSSR count). The summed E-state index contributed by atoms with van der Waals surface area (Å²) in [5.74, 6) is 1.63. The molecule has 0 spiro atoms. The van der Waals surface area contributed by atoms with Gasteiger partial charge in [0, 0.05) is 38.9 Å². The van der Waals surface area contributed by atoms with E-state index in [-0.39, 0.29) is 18.2 Å². The highest BCUT2D eigenvalue weighted by Crippen LogP contribution is 2.23. The summed E-state index contributed by atoms with van der Waals surface area (Å²) in [6.07, 6.45) is 3.13. The standard InChI is InChI=1S/C17H29N5O2/c1-12-11-13(19-16(23)24-17(2,3)4)8-10-22(12)15-18-9-7-14(20-15)21(5)6/h7,9,12-13H,8,10-11H2,1-6H3,(H,19,23). The fourth-order valence-electron chi connectivity index (χ4n) is 2.80. The summed E-state index contributed by atoms with van der Waals surface area (Å²) in [5.41, 5.74) is -0.475. The summed E-state index contributed by atoms with van der Waals surface area (Å²) in [4.78, 5) is 25.1. The number of carbonyl (C=O) groups excluding carboxylic acids is 1. The van der Waals surface area contributed by atoms with Gasteiger partial charge in [-0.3, -0.25) is 0 Å². The van der Waals surface area contributed by atoms with Crippen molar-refractivity contribution in [2.45, 2.75) is 58.2 Å². The Hall–Kier alpha value is -2.05. The van der Waals surface area contributed by atoms with Crippen LogP contribution in [0.4, 0.5) is 16.6 Å². The van der Waals surface area contributed by atoms with E-state index in [0.29, 0.717) is 0 Å². The number of anilines is 2. The molecular weight excluding hydrogens is 306 g/mol. The van der Waals surface area contributed by atoms with Gasteiger partial charge in [-0.25, -0.2) is 9.78 Å². The van der Waals surface area contributed by atoms with E-state index in [0.717, 1.165) is 31.2 Å². The third-order valence-corrected chi connectivity index (χ3v) is 3.94. The molecule has 1 amide bonds. The maximum absolute atomic E-state index is 11.9. The lowest BCUT2D eigenvalue weighted by atomic mass is 9.99. The van der Waals surface area contributed by atoms with Gasteiger partial charge in [0.25, 0.3) is 0 Å². The molecule has 2 unspecified atom stereocenters. The topological polar surface area (TPSA) is 70.6 Å². The normalized spacial score (nSPS) is 21.3. The largest absolute Gasteiger partial charge is 0.444 e. The lowest BCUT2D eigenvalue weighted by Gasteiger charge is -2.38. The van der Waals surface area contributed by atoms with Crippen LogP contribution in [0.2, 0.25) is 0 Å². The van der Waals surface area contributed by atoms with Crippen molar-refractivity contribution in [1.29, 1.82) is 0 Å². The molecule has 0 aliphatic carbocycles. The van der Waals surface area contributed by atoms with E-state index in [4.69, 9.17) is 4.74 Å². The van der Waals surface area contributed by atoms with Gasteiger partial charge in [-0.15, -0.1) is 0 Å². The number of rotatable bonds is 3. The highest BCUT2D eigenvalue weighted by atomic mass is 16.6. The minimum absolute atomic E-state index is 0.114. The van der Waals surface area contributed by atoms with Gasteiger partial charge in [-0.1, -0.05) is 0 Å². The molecule has 1 N–H and O–H groups in total. The summed E-state index contributed by atoms with van der Waals surface area (Å²) in [6.45, 7) is 8.54. The zero-order valence-electron chi connectivity index (χ0n) is 15.5. The van der Waals surface area contributed by atoms with Crippen LogP contribution >= 0.6 is 0 Å².